The maximum absolute atomic E-state index is 9.47. The Bertz CT molecular complexity index is 303. The van der Waals surface area contributed by atoms with Gasteiger partial charge in [-0.2, -0.15) is 0 Å². The van der Waals surface area contributed by atoms with E-state index in [1.807, 2.05) is 26.0 Å². The van der Waals surface area contributed by atoms with Crippen LogP contribution in [0.5, 0.6) is 5.75 Å². The molecule has 2 nitrogen and oxygen atoms in total. The Hall–Kier alpha value is -0.730. The third-order valence-electron chi connectivity index (χ3n) is 2.15. The number of aryl methyl sites for hydroxylation is 2. The van der Waals surface area contributed by atoms with E-state index in [2.05, 4.69) is 6.07 Å². The molecule has 1 aromatic carbocycles. The highest BCUT2D eigenvalue weighted by Gasteiger charge is 2.11. The molecule has 0 aliphatic heterocycles. The molecule has 0 aromatic heterocycles. The van der Waals surface area contributed by atoms with Crippen LogP contribution in [0.3, 0.4) is 0 Å². The van der Waals surface area contributed by atoms with Gasteiger partial charge >= 0.3 is 0 Å². The zero-order valence-electron chi connectivity index (χ0n) is 9.33. The minimum atomic E-state index is -0.632. The van der Waals surface area contributed by atoms with Crippen molar-refractivity contribution in [3.05, 3.63) is 29.3 Å². The molecular formula is C12H17ClO2. The normalized spacial score (nSPS) is 14.7. The first-order valence-corrected chi connectivity index (χ1v) is 5.46. The van der Waals surface area contributed by atoms with Gasteiger partial charge in [0, 0.05) is 0 Å². The average Bonchev–Trinajstić information content (AvgIpc) is 2.12. The second-order valence-electron chi connectivity index (χ2n) is 3.88. The molecule has 0 saturated heterocycles. The van der Waals surface area contributed by atoms with Crippen LogP contribution in [0.25, 0.3) is 0 Å². The lowest BCUT2D eigenvalue weighted by Crippen LogP contribution is -2.25. The van der Waals surface area contributed by atoms with Gasteiger partial charge in [0.2, 0.25) is 0 Å². The topological polar surface area (TPSA) is 29.5 Å². The van der Waals surface area contributed by atoms with E-state index in [9.17, 15) is 5.11 Å². The molecule has 0 spiro atoms. The Balaban J connectivity index is 2.57. The fourth-order valence-corrected chi connectivity index (χ4v) is 1.40. The Morgan fingerprint density at radius 2 is 1.80 bits per heavy atom. The zero-order valence-corrected chi connectivity index (χ0v) is 10.1. The number of hydrogen-bond acceptors (Lipinski definition) is 2. The number of aliphatic hydroxyl groups is 1. The number of aliphatic hydroxyl groups excluding tert-OH is 1. The van der Waals surface area contributed by atoms with Gasteiger partial charge in [0.25, 0.3) is 0 Å². The summed E-state index contributed by atoms with van der Waals surface area (Å²) in [7, 11) is 0. The van der Waals surface area contributed by atoms with E-state index in [1.54, 1.807) is 6.92 Å². The molecule has 0 saturated carbocycles. The van der Waals surface area contributed by atoms with E-state index in [0.717, 1.165) is 16.9 Å². The summed E-state index contributed by atoms with van der Waals surface area (Å²) in [6, 6.07) is 5.96. The lowest BCUT2D eigenvalue weighted by atomic mass is 10.1. The molecule has 0 radical (unpaired) electrons. The summed E-state index contributed by atoms with van der Waals surface area (Å²) in [6.45, 7) is 6.01. The van der Waals surface area contributed by atoms with E-state index < -0.39 is 6.10 Å². The average molecular weight is 229 g/mol. The summed E-state index contributed by atoms with van der Waals surface area (Å²) in [5.74, 6) is 0.781. The predicted octanol–water partition coefficient (Wildman–Crippen LogP) is 2.67. The third-order valence-corrected chi connectivity index (χ3v) is 2.44. The van der Waals surface area contributed by atoms with Gasteiger partial charge < -0.3 is 9.84 Å². The molecule has 2 unspecified atom stereocenters. The number of benzene rings is 1. The Kier molecular flexibility index (Phi) is 4.43. The van der Waals surface area contributed by atoms with Gasteiger partial charge in [-0.1, -0.05) is 6.07 Å². The van der Waals surface area contributed by atoms with Crippen LogP contribution in [0.2, 0.25) is 0 Å². The molecule has 0 bridgehead atoms. The number of ether oxygens (including phenoxy) is 1. The number of hydrogen-bond donors (Lipinski definition) is 1. The highest BCUT2D eigenvalue weighted by molar-refractivity contribution is 6.20. The van der Waals surface area contributed by atoms with E-state index >= 15 is 0 Å². The van der Waals surface area contributed by atoms with Gasteiger partial charge in [-0.3, -0.25) is 0 Å². The third kappa shape index (κ3) is 4.10. The number of halogens is 1. The standard InChI is InChI=1S/C12H17ClO2/c1-8-4-9(2)6-11(5-8)15-7-12(14)10(3)13/h4-6,10,12,14H,7H2,1-3H3. The SMILES string of the molecule is Cc1cc(C)cc(OCC(O)C(C)Cl)c1. The first kappa shape index (κ1) is 12.3. The van der Waals surface area contributed by atoms with Gasteiger partial charge in [0.15, 0.2) is 0 Å². The van der Waals surface area contributed by atoms with E-state index in [4.69, 9.17) is 16.3 Å². The molecule has 1 aromatic rings. The van der Waals surface area contributed by atoms with Crippen molar-refractivity contribution in [2.24, 2.45) is 0 Å². The minimum Gasteiger partial charge on any atom is -0.491 e. The number of rotatable bonds is 4. The van der Waals surface area contributed by atoms with Crippen LogP contribution in [0, 0.1) is 13.8 Å². The first-order valence-electron chi connectivity index (χ1n) is 5.02. The first-order chi connectivity index (χ1) is 6.99. The fraction of sp³-hybridized carbons (Fsp3) is 0.500. The Morgan fingerprint density at radius 3 is 2.27 bits per heavy atom. The molecule has 1 N–H and O–H groups in total. The van der Waals surface area contributed by atoms with Crippen molar-refractivity contribution in [2.45, 2.75) is 32.3 Å². The molecule has 0 fully saturated rings. The monoisotopic (exact) mass is 228 g/mol. The highest BCUT2D eigenvalue weighted by Crippen LogP contribution is 2.16. The van der Waals surface area contributed by atoms with Crippen LogP contribution in [0.15, 0.2) is 18.2 Å². The van der Waals surface area contributed by atoms with Gasteiger partial charge in [0.05, 0.1) is 5.38 Å². The Labute approximate surface area is 95.8 Å². The van der Waals surface area contributed by atoms with Crippen LogP contribution in [0.1, 0.15) is 18.1 Å². The summed E-state index contributed by atoms with van der Waals surface area (Å²) >= 11 is 5.73. The maximum Gasteiger partial charge on any atom is 0.119 e. The summed E-state index contributed by atoms with van der Waals surface area (Å²) in [4.78, 5) is 0. The van der Waals surface area contributed by atoms with Crippen molar-refractivity contribution in [3.8, 4) is 5.75 Å². The molecule has 1 rings (SSSR count). The maximum atomic E-state index is 9.47. The van der Waals surface area contributed by atoms with Crippen molar-refractivity contribution >= 4 is 11.6 Å². The van der Waals surface area contributed by atoms with Crippen molar-refractivity contribution in [1.82, 2.24) is 0 Å². The van der Waals surface area contributed by atoms with Crippen LogP contribution in [0.4, 0.5) is 0 Å². The molecular weight excluding hydrogens is 212 g/mol. The van der Waals surface area contributed by atoms with Gasteiger partial charge in [0.1, 0.15) is 18.5 Å². The zero-order chi connectivity index (χ0) is 11.4. The van der Waals surface area contributed by atoms with Crippen LogP contribution < -0.4 is 4.74 Å². The molecule has 0 aliphatic carbocycles. The molecule has 0 heterocycles. The quantitative estimate of drug-likeness (QED) is 0.803. The van der Waals surface area contributed by atoms with E-state index in [0.29, 0.717) is 0 Å². The molecule has 0 amide bonds. The summed E-state index contributed by atoms with van der Waals surface area (Å²) < 4.78 is 5.46. The van der Waals surface area contributed by atoms with Crippen LogP contribution in [-0.2, 0) is 0 Å². The van der Waals surface area contributed by atoms with Crippen LogP contribution >= 0.6 is 11.6 Å². The van der Waals surface area contributed by atoms with Gasteiger partial charge in [-0.25, -0.2) is 0 Å². The van der Waals surface area contributed by atoms with Crippen molar-refractivity contribution in [3.63, 3.8) is 0 Å². The van der Waals surface area contributed by atoms with Crippen LogP contribution in [-0.4, -0.2) is 23.2 Å². The van der Waals surface area contributed by atoms with Gasteiger partial charge in [-0.15, -0.1) is 11.6 Å². The van der Waals surface area contributed by atoms with E-state index in [1.165, 1.54) is 0 Å². The largest absolute Gasteiger partial charge is 0.491 e. The second kappa shape index (κ2) is 5.38. The highest BCUT2D eigenvalue weighted by atomic mass is 35.5. The summed E-state index contributed by atoms with van der Waals surface area (Å²) in [5.41, 5.74) is 2.30. The lowest BCUT2D eigenvalue weighted by Gasteiger charge is -2.14. The smallest absolute Gasteiger partial charge is 0.119 e. The Morgan fingerprint density at radius 1 is 1.27 bits per heavy atom. The minimum absolute atomic E-state index is 0.230. The van der Waals surface area contributed by atoms with Gasteiger partial charge in [-0.05, 0) is 44.0 Å². The molecule has 84 valence electrons. The lowest BCUT2D eigenvalue weighted by molar-refractivity contribution is 0.107. The number of alkyl halides is 1. The predicted molar refractivity (Wildman–Crippen MR) is 62.7 cm³/mol. The summed E-state index contributed by atoms with van der Waals surface area (Å²) in [5, 5.41) is 9.17. The molecule has 15 heavy (non-hydrogen) atoms. The molecule has 3 heteroatoms. The van der Waals surface area contributed by atoms with Crippen molar-refractivity contribution in [2.75, 3.05) is 6.61 Å². The van der Waals surface area contributed by atoms with Crippen molar-refractivity contribution in [1.29, 1.82) is 0 Å². The summed E-state index contributed by atoms with van der Waals surface area (Å²) in [6.07, 6.45) is -0.632. The van der Waals surface area contributed by atoms with E-state index in [-0.39, 0.29) is 12.0 Å². The fourth-order valence-electron chi connectivity index (χ4n) is 1.33. The van der Waals surface area contributed by atoms with Crippen molar-refractivity contribution < 1.29 is 9.84 Å². The second-order valence-corrected chi connectivity index (χ2v) is 4.57. The molecule has 2 atom stereocenters. The molecule has 0 aliphatic rings.